The molecule has 1 heterocycles. The molecule has 0 saturated heterocycles. The molecule has 2 unspecified atom stereocenters. The van der Waals surface area contributed by atoms with E-state index in [2.05, 4.69) is 29.4 Å². The standard InChI is InChI=1S/C18H25ClN2/c1-13-5-4-6-14(11-13)9-10-20-12-17-18(19)15-7-2-3-8-16(15)21-17/h2-3,7-8,13-14,20-21H,4-6,9-12H2,1H3. The number of aromatic amines is 1. The van der Waals surface area contributed by atoms with Gasteiger partial charge in [-0.25, -0.2) is 0 Å². The molecule has 2 nitrogen and oxygen atoms in total. The molecule has 1 aromatic heterocycles. The highest BCUT2D eigenvalue weighted by Crippen LogP contribution is 2.30. The Kier molecular flexibility index (Phi) is 4.87. The first-order valence-electron chi connectivity index (χ1n) is 8.20. The van der Waals surface area contributed by atoms with Gasteiger partial charge in [0.2, 0.25) is 0 Å². The van der Waals surface area contributed by atoms with Gasteiger partial charge in [0.15, 0.2) is 0 Å². The minimum atomic E-state index is 0.829. The number of benzene rings is 1. The zero-order valence-electron chi connectivity index (χ0n) is 12.8. The van der Waals surface area contributed by atoms with Crippen LogP contribution < -0.4 is 5.32 Å². The van der Waals surface area contributed by atoms with E-state index in [0.29, 0.717) is 0 Å². The lowest BCUT2D eigenvalue weighted by Crippen LogP contribution is -2.21. The SMILES string of the molecule is CC1CCCC(CCNCc2[nH]c3ccccc3c2Cl)C1. The maximum atomic E-state index is 6.43. The average Bonchev–Trinajstić information content (AvgIpc) is 2.81. The number of fused-ring (bicyclic) bond motifs is 1. The van der Waals surface area contributed by atoms with E-state index < -0.39 is 0 Å². The van der Waals surface area contributed by atoms with Gasteiger partial charge in [-0.15, -0.1) is 0 Å². The number of para-hydroxylation sites is 1. The molecule has 2 atom stereocenters. The van der Waals surface area contributed by atoms with Gasteiger partial charge < -0.3 is 10.3 Å². The molecular weight excluding hydrogens is 280 g/mol. The van der Waals surface area contributed by atoms with Crippen LogP contribution in [0.3, 0.4) is 0 Å². The largest absolute Gasteiger partial charge is 0.356 e. The van der Waals surface area contributed by atoms with Crippen molar-refractivity contribution in [3.05, 3.63) is 35.0 Å². The number of hydrogen-bond donors (Lipinski definition) is 2. The molecule has 3 rings (SSSR count). The predicted molar refractivity (Wildman–Crippen MR) is 90.8 cm³/mol. The lowest BCUT2D eigenvalue weighted by Gasteiger charge is -2.26. The van der Waals surface area contributed by atoms with Crippen molar-refractivity contribution in [2.24, 2.45) is 11.8 Å². The van der Waals surface area contributed by atoms with Gasteiger partial charge in [0.05, 0.1) is 5.02 Å². The van der Waals surface area contributed by atoms with E-state index in [0.717, 1.165) is 46.5 Å². The highest BCUT2D eigenvalue weighted by Gasteiger charge is 2.18. The van der Waals surface area contributed by atoms with E-state index in [1.54, 1.807) is 0 Å². The van der Waals surface area contributed by atoms with Crippen molar-refractivity contribution in [2.45, 2.75) is 45.6 Å². The smallest absolute Gasteiger partial charge is 0.0705 e. The second-order valence-electron chi connectivity index (χ2n) is 6.57. The molecule has 1 aromatic carbocycles. The van der Waals surface area contributed by atoms with Crippen molar-refractivity contribution in [3.8, 4) is 0 Å². The fourth-order valence-electron chi connectivity index (χ4n) is 3.63. The van der Waals surface area contributed by atoms with Crippen LogP contribution in [0, 0.1) is 11.8 Å². The van der Waals surface area contributed by atoms with Crippen LogP contribution in [0.15, 0.2) is 24.3 Å². The van der Waals surface area contributed by atoms with E-state index >= 15 is 0 Å². The molecular formula is C18H25ClN2. The molecule has 3 heteroatoms. The zero-order valence-corrected chi connectivity index (χ0v) is 13.5. The van der Waals surface area contributed by atoms with E-state index in [4.69, 9.17) is 11.6 Å². The lowest BCUT2D eigenvalue weighted by molar-refractivity contribution is 0.267. The Labute approximate surface area is 132 Å². The summed E-state index contributed by atoms with van der Waals surface area (Å²) in [5.41, 5.74) is 2.23. The van der Waals surface area contributed by atoms with E-state index in [1.807, 2.05) is 12.1 Å². The predicted octanol–water partition coefficient (Wildman–Crippen LogP) is 5.13. The van der Waals surface area contributed by atoms with Crippen LogP contribution in [0.4, 0.5) is 0 Å². The van der Waals surface area contributed by atoms with Gasteiger partial charge in [0, 0.05) is 23.1 Å². The normalized spacial score (nSPS) is 22.8. The first-order valence-corrected chi connectivity index (χ1v) is 8.57. The first kappa shape index (κ1) is 14.9. The van der Waals surface area contributed by atoms with Gasteiger partial charge in [0.1, 0.15) is 0 Å². The Morgan fingerprint density at radius 3 is 2.95 bits per heavy atom. The Morgan fingerprint density at radius 2 is 2.14 bits per heavy atom. The number of hydrogen-bond acceptors (Lipinski definition) is 1. The zero-order chi connectivity index (χ0) is 14.7. The summed E-state index contributed by atoms with van der Waals surface area (Å²) in [6.45, 7) is 4.31. The maximum absolute atomic E-state index is 6.43. The number of rotatable bonds is 5. The topological polar surface area (TPSA) is 27.8 Å². The van der Waals surface area contributed by atoms with Crippen molar-refractivity contribution in [2.75, 3.05) is 6.54 Å². The van der Waals surface area contributed by atoms with E-state index in [-0.39, 0.29) is 0 Å². The molecule has 2 aromatic rings. The summed E-state index contributed by atoms with van der Waals surface area (Å²) in [5, 5.41) is 5.54. The number of nitrogens with one attached hydrogen (secondary N) is 2. The fraction of sp³-hybridized carbons (Fsp3) is 0.556. The van der Waals surface area contributed by atoms with Crippen molar-refractivity contribution in [1.82, 2.24) is 10.3 Å². The van der Waals surface area contributed by atoms with Gasteiger partial charge in [-0.3, -0.25) is 0 Å². The molecule has 21 heavy (non-hydrogen) atoms. The average molecular weight is 305 g/mol. The van der Waals surface area contributed by atoms with Crippen LogP contribution in [-0.2, 0) is 6.54 Å². The Balaban J connectivity index is 1.49. The second-order valence-corrected chi connectivity index (χ2v) is 6.94. The summed E-state index contributed by atoms with van der Waals surface area (Å²) >= 11 is 6.43. The number of aromatic nitrogens is 1. The molecule has 2 N–H and O–H groups in total. The van der Waals surface area contributed by atoms with Gasteiger partial charge in [0.25, 0.3) is 0 Å². The number of halogens is 1. The Morgan fingerprint density at radius 1 is 1.29 bits per heavy atom. The van der Waals surface area contributed by atoms with Gasteiger partial charge in [-0.1, -0.05) is 56.0 Å². The summed E-state index contributed by atoms with van der Waals surface area (Å²) in [5.74, 6) is 1.84. The molecule has 1 saturated carbocycles. The van der Waals surface area contributed by atoms with Crippen LogP contribution in [-0.4, -0.2) is 11.5 Å². The van der Waals surface area contributed by atoms with Crippen molar-refractivity contribution in [1.29, 1.82) is 0 Å². The molecule has 0 spiro atoms. The minimum absolute atomic E-state index is 0.829. The summed E-state index contributed by atoms with van der Waals surface area (Å²) in [4.78, 5) is 3.41. The second kappa shape index (κ2) is 6.85. The highest BCUT2D eigenvalue weighted by atomic mass is 35.5. The van der Waals surface area contributed by atoms with E-state index in [1.165, 1.54) is 32.1 Å². The Bertz CT molecular complexity index is 590. The monoisotopic (exact) mass is 304 g/mol. The maximum Gasteiger partial charge on any atom is 0.0705 e. The van der Waals surface area contributed by atoms with Crippen molar-refractivity contribution in [3.63, 3.8) is 0 Å². The van der Waals surface area contributed by atoms with Crippen LogP contribution in [0.2, 0.25) is 5.02 Å². The summed E-state index contributed by atoms with van der Waals surface area (Å²) in [6, 6.07) is 8.22. The van der Waals surface area contributed by atoms with Crippen LogP contribution in [0.5, 0.6) is 0 Å². The Hall–Kier alpha value is -0.990. The molecule has 0 bridgehead atoms. The molecule has 1 aliphatic rings. The minimum Gasteiger partial charge on any atom is -0.356 e. The van der Waals surface area contributed by atoms with Crippen molar-refractivity contribution < 1.29 is 0 Å². The fourth-order valence-corrected chi connectivity index (χ4v) is 3.91. The third kappa shape index (κ3) is 3.61. The van der Waals surface area contributed by atoms with Gasteiger partial charge in [-0.05, 0) is 37.3 Å². The molecule has 0 aliphatic heterocycles. The summed E-state index contributed by atoms with van der Waals surface area (Å²) < 4.78 is 0. The third-order valence-electron chi connectivity index (χ3n) is 4.79. The van der Waals surface area contributed by atoms with Crippen LogP contribution >= 0.6 is 11.6 Å². The molecule has 1 fully saturated rings. The number of H-pyrrole nitrogens is 1. The molecule has 0 amide bonds. The third-order valence-corrected chi connectivity index (χ3v) is 5.22. The van der Waals surface area contributed by atoms with Crippen LogP contribution in [0.25, 0.3) is 10.9 Å². The summed E-state index contributed by atoms with van der Waals surface area (Å²) in [6.07, 6.45) is 6.96. The molecule has 0 radical (unpaired) electrons. The van der Waals surface area contributed by atoms with Gasteiger partial charge >= 0.3 is 0 Å². The lowest BCUT2D eigenvalue weighted by atomic mass is 9.81. The first-order chi connectivity index (χ1) is 10.2. The summed E-state index contributed by atoms with van der Waals surface area (Å²) in [7, 11) is 0. The molecule has 1 aliphatic carbocycles. The van der Waals surface area contributed by atoms with Crippen LogP contribution in [0.1, 0.15) is 44.7 Å². The van der Waals surface area contributed by atoms with Gasteiger partial charge in [-0.2, -0.15) is 0 Å². The van der Waals surface area contributed by atoms with E-state index in [9.17, 15) is 0 Å². The van der Waals surface area contributed by atoms with Crippen molar-refractivity contribution >= 4 is 22.5 Å². The highest BCUT2D eigenvalue weighted by molar-refractivity contribution is 6.36. The quantitative estimate of drug-likeness (QED) is 0.737. The molecule has 114 valence electrons.